The van der Waals surface area contributed by atoms with Gasteiger partial charge in [0.25, 0.3) is 5.56 Å². The Balaban J connectivity index is 1.85. The molecule has 3 aromatic heterocycles. The number of fused-ring (bicyclic) bond motifs is 1. The largest absolute Gasteiger partial charge is 0.379 e. The van der Waals surface area contributed by atoms with Crippen LogP contribution in [0.1, 0.15) is 23.9 Å². The number of hydrogen-bond donors (Lipinski definition) is 0. The molecule has 0 radical (unpaired) electrons. The van der Waals surface area contributed by atoms with Gasteiger partial charge in [0.1, 0.15) is 0 Å². The molecule has 0 amide bonds. The number of aryl methyl sites for hydroxylation is 3. The van der Waals surface area contributed by atoms with Crippen molar-refractivity contribution in [2.24, 2.45) is 7.05 Å². The highest BCUT2D eigenvalue weighted by molar-refractivity contribution is 5.72. The summed E-state index contributed by atoms with van der Waals surface area (Å²) in [7, 11) is 1.67. The summed E-state index contributed by atoms with van der Waals surface area (Å²) in [6.07, 6.45) is 0. The van der Waals surface area contributed by atoms with E-state index in [2.05, 4.69) is 15.0 Å². The van der Waals surface area contributed by atoms with Gasteiger partial charge in [-0.3, -0.25) is 18.8 Å². The van der Waals surface area contributed by atoms with Gasteiger partial charge in [-0.05, 0) is 33.3 Å². The summed E-state index contributed by atoms with van der Waals surface area (Å²) in [6.45, 7) is 12.4. The van der Waals surface area contributed by atoms with Crippen LogP contribution in [0, 0.1) is 20.8 Å². The van der Waals surface area contributed by atoms with Gasteiger partial charge in [0.15, 0.2) is 11.2 Å². The summed E-state index contributed by atoms with van der Waals surface area (Å²) in [4.78, 5) is 33.2. The SMILES string of the molecule is CCn1c(-n2nc(C)c(C)c2C)nc2c1c(=O)n(CCN1CCOCC1)c(=O)n2C. The molecule has 1 aliphatic heterocycles. The van der Waals surface area contributed by atoms with Crippen LogP contribution in [0.2, 0.25) is 0 Å². The molecule has 0 spiro atoms. The number of aromatic nitrogens is 6. The minimum atomic E-state index is -0.349. The van der Waals surface area contributed by atoms with E-state index < -0.39 is 0 Å². The van der Waals surface area contributed by atoms with Gasteiger partial charge in [0.2, 0.25) is 5.95 Å². The Bertz CT molecular complexity index is 1210. The maximum Gasteiger partial charge on any atom is 0.332 e. The number of ether oxygens (including phenoxy) is 1. The lowest BCUT2D eigenvalue weighted by Gasteiger charge is -2.26. The quantitative estimate of drug-likeness (QED) is 0.598. The summed E-state index contributed by atoms with van der Waals surface area (Å²) < 4.78 is 11.8. The minimum absolute atomic E-state index is 0.305. The lowest BCUT2D eigenvalue weighted by molar-refractivity contribution is 0.0361. The molecule has 3 aromatic rings. The molecule has 1 aliphatic rings. The van der Waals surface area contributed by atoms with Crippen molar-refractivity contribution in [1.29, 1.82) is 0 Å². The Morgan fingerprint density at radius 1 is 1.03 bits per heavy atom. The molecule has 1 saturated heterocycles. The van der Waals surface area contributed by atoms with Crippen LogP contribution < -0.4 is 11.2 Å². The fourth-order valence-corrected chi connectivity index (χ4v) is 4.00. The van der Waals surface area contributed by atoms with Crippen molar-refractivity contribution in [3.8, 4) is 5.95 Å². The van der Waals surface area contributed by atoms with Crippen LogP contribution in [0.3, 0.4) is 0 Å². The van der Waals surface area contributed by atoms with Crippen molar-refractivity contribution in [3.63, 3.8) is 0 Å². The zero-order valence-corrected chi connectivity index (χ0v) is 18.3. The van der Waals surface area contributed by atoms with E-state index in [0.29, 0.717) is 50.0 Å². The van der Waals surface area contributed by atoms with Crippen LogP contribution in [0.25, 0.3) is 17.1 Å². The van der Waals surface area contributed by atoms with Gasteiger partial charge in [-0.1, -0.05) is 0 Å². The van der Waals surface area contributed by atoms with Crippen LogP contribution in [0.15, 0.2) is 9.59 Å². The van der Waals surface area contributed by atoms with Gasteiger partial charge in [0, 0.05) is 45.5 Å². The second-order valence-electron chi connectivity index (χ2n) is 7.79. The first-order valence-corrected chi connectivity index (χ1v) is 10.4. The molecule has 0 bridgehead atoms. The average molecular weight is 415 g/mol. The molecule has 1 fully saturated rings. The van der Waals surface area contributed by atoms with E-state index in [9.17, 15) is 9.59 Å². The van der Waals surface area contributed by atoms with Gasteiger partial charge in [0.05, 0.1) is 18.9 Å². The standard InChI is InChI=1S/C20H29N7O3/c1-6-25-16-17(21-19(25)27-15(4)13(2)14(3)22-27)23(5)20(29)26(18(16)28)8-7-24-9-11-30-12-10-24/h6-12H2,1-5H3. The first-order valence-electron chi connectivity index (χ1n) is 10.4. The lowest BCUT2D eigenvalue weighted by Crippen LogP contribution is -2.44. The summed E-state index contributed by atoms with van der Waals surface area (Å²) in [6, 6.07) is 0. The highest BCUT2D eigenvalue weighted by Gasteiger charge is 2.23. The van der Waals surface area contributed by atoms with E-state index in [1.807, 2.05) is 32.3 Å². The second-order valence-corrected chi connectivity index (χ2v) is 7.79. The monoisotopic (exact) mass is 415 g/mol. The molecular formula is C20H29N7O3. The van der Waals surface area contributed by atoms with Gasteiger partial charge in [-0.25, -0.2) is 9.48 Å². The second kappa shape index (κ2) is 7.84. The Morgan fingerprint density at radius 3 is 2.33 bits per heavy atom. The Kier molecular flexibility index (Phi) is 5.37. The molecule has 4 heterocycles. The van der Waals surface area contributed by atoms with E-state index in [-0.39, 0.29) is 11.2 Å². The summed E-state index contributed by atoms with van der Waals surface area (Å²) >= 11 is 0. The zero-order valence-electron chi connectivity index (χ0n) is 18.3. The first-order chi connectivity index (χ1) is 14.3. The van der Waals surface area contributed by atoms with E-state index in [1.165, 1.54) is 9.13 Å². The average Bonchev–Trinajstić information content (AvgIpc) is 3.26. The molecule has 0 atom stereocenters. The smallest absolute Gasteiger partial charge is 0.332 e. The Labute approximate surface area is 174 Å². The van der Waals surface area contributed by atoms with Gasteiger partial charge >= 0.3 is 5.69 Å². The number of imidazole rings is 1. The summed E-state index contributed by atoms with van der Waals surface area (Å²) in [5, 5.41) is 4.60. The fraction of sp³-hybridized carbons (Fsp3) is 0.600. The maximum absolute atomic E-state index is 13.4. The highest BCUT2D eigenvalue weighted by Crippen LogP contribution is 2.19. The Morgan fingerprint density at radius 2 is 1.73 bits per heavy atom. The highest BCUT2D eigenvalue weighted by atomic mass is 16.5. The molecule has 0 aromatic carbocycles. The van der Waals surface area contributed by atoms with Crippen molar-refractivity contribution >= 4 is 11.2 Å². The molecule has 0 saturated carbocycles. The predicted molar refractivity (Wildman–Crippen MR) is 114 cm³/mol. The molecule has 30 heavy (non-hydrogen) atoms. The van der Waals surface area contributed by atoms with Crippen LogP contribution in [0.5, 0.6) is 0 Å². The van der Waals surface area contributed by atoms with Crippen molar-refractivity contribution < 1.29 is 4.74 Å². The molecule has 0 N–H and O–H groups in total. The van der Waals surface area contributed by atoms with E-state index in [1.54, 1.807) is 11.7 Å². The fourth-order valence-electron chi connectivity index (χ4n) is 4.00. The molecular weight excluding hydrogens is 386 g/mol. The third-order valence-electron chi connectivity index (χ3n) is 6.11. The third-order valence-corrected chi connectivity index (χ3v) is 6.11. The lowest BCUT2D eigenvalue weighted by atomic mass is 10.2. The normalized spacial score (nSPS) is 15.4. The van der Waals surface area contributed by atoms with Crippen molar-refractivity contribution in [2.45, 2.75) is 40.8 Å². The van der Waals surface area contributed by atoms with Crippen molar-refractivity contribution in [1.82, 2.24) is 33.4 Å². The number of hydrogen-bond acceptors (Lipinski definition) is 6. The summed E-state index contributed by atoms with van der Waals surface area (Å²) in [5.74, 6) is 0.555. The number of nitrogens with zero attached hydrogens (tertiary/aromatic N) is 7. The van der Waals surface area contributed by atoms with Crippen LogP contribution in [-0.4, -0.2) is 66.2 Å². The third kappa shape index (κ3) is 3.20. The van der Waals surface area contributed by atoms with Crippen molar-refractivity contribution in [2.75, 3.05) is 32.8 Å². The van der Waals surface area contributed by atoms with E-state index in [4.69, 9.17) is 4.74 Å². The number of rotatable bonds is 5. The molecule has 4 rings (SSSR count). The predicted octanol–water partition coefficient (Wildman–Crippen LogP) is 0.360. The van der Waals surface area contributed by atoms with Crippen LogP contribution in [-0.2, 0) is 24.9 Å². The summed E-state index contributed by atoms with van der Waals surface area (Å²) in [5.41, 5.74) is 3.13. The topological polar surface area (TPSA) is 92.1 Å². The molecule has 0 aliphatic carbocycles. The van der Waals surface area contributed by atoms with Gasteiger partial charge in [-0.15, -0.1) is 0 Å². The van der Waals surface area contributed by atoms with Gasteiger partial charge in [-0.2, -0.15) is 10.1 Å². The van der Waals surface area contributed by atoms with E-state index >= 15 is 0 Å². The van der Waals surface area contributed by atoms with Crippen LogP contribution >= 0.6 is 0 Å². The van der Waals surface area contributed by atoms with Gasteiger partial charge < -0.3 is 9.30 Å². The number of morpholine rings is 1. The molecule has 10 nitrogen and oxygen atoms in total. The molecule has 0 unspecified atom stereocenters. The minimum Gasteiger partial charge on any atom is -0.379 e. The van der Waals surface area contributed by atoms with E-state index in [0.717, 1.165) is 30.0 Å². The maximum atomic E-state index is 13.4. The molecule has 162 valence electrons. The Hall–Kier alpha value is -2.72. The molecule has 10 heteroatoms. The van der Waals surface area contributed by atoms with Crippen LogP contribution in [0.4, 0.5) is 0 Å². The first kappa shape index (κ1) is 20.5. The van der Waals surface area contributed by atoms with Crippen molar-refractivity contribution in [3.05, 3.63) is 37.8 Å². The zero-order chi connectivity index (χ0) is 21.6.